The molecule has 3 rings (SSSR count). The molecular weight excluding hydrogens is 268 g/mol. The first kappa shape index (κ1) is 12.3. The number of hydrogen-bond donors (Lipinski definition) is 0. The van der Waals surface area contributed by atoms with Gasteiger partial charge in [0.25, 0.3) is 0 Å². The van der Waals surface area contributed by atoms with E-state index in [1.54, 1.807) is 24.2 Å². The number of rotatable bonds is 3. The minimum Gasteiger partial charge on any atom is -0.274 e. The first-order valence-corrected chi connectivity index (χ1v) is 7.36. The Kier molecular flexibility index (Phi) is 2.86. The third-order valence-corrected chi connectivity index (χ3v) is 5.03. The lowest BCUT2D eigenvalue weighted by atomic mass is 10.3. The van der Waals surface area contributed by atoms with E-state index in [1.165, 1.54) is 21.4 Å². The summed E-state index contributed by atoms with van der Waals surface area (Å²) in [6.45, 7) is 0.870. The molecule has 102 valence electrons. The molecule has 8 nitrogen and oxygen atoms in total. The van der Waals surface area contributed by atoms with E-state index >= 15 is 0 Å². The Bertz CT molecular complexity index is 662. The third-order valence-electron chi connectivity index (χ3n) is 3.21. The van der Waals surface area contributed by atoms with Crippen LogP contribution in [-0.2, 0) is 17.1 Å². The largest absolute Gasteiger partial charge is 0.274 e. The lowest BCUT2D eigenvalue weighted by molar-refractivity contribution is 0.402. The lowest BCUT2D eigenvalue weighted by Gasteiger charge is -2.14. The van der Waals surface area contributed by atoms with Gasteiger partial charge in [-0.25, -0.2) is 8.42 Å². The molecule has 0 aliphatic carbocycles. The molecule has 1 saturated heterocycles. The Morgan fingerprint density at radius 1 is 1.26 bits per heavy atom. The molecule has 2 aromatic rings. The highest BCUT2D eigenvalue weighted by atomic mass is 32.2. The van der Waals surface area contributed by atoms with Gasteiger partial charge in [-0.1, -0.05) is 0 Å². The molecule has 19 heavy (non-hydrogen) atoms. The highest BCUT2D eigenvalue weighted by Gasteiger charge is 2.34. The summed E-state index contributed by atoms with van der Waals surface area (Å²) in [6.07, 6.45) is 6.79. The summed E-state index contributed by atoms with van der Waals surface area (Å²) in [5.41, 5.74) is 0. The van der Waals surface area contributed by atoms with Gasteiger partial charge < -0.3 is 0 Å². The van der Waals surface area contributed by atoms with Crippen molar-refractivity contribution in [2.45, 2.75) is 17.4 Å². The fraction of sp³-hybridized carbons (Fsp3) is 0.500. The molecule has 0 N–H and O–H groups in total. The molecule has 1 aliphatic rings. The molecule has 2 aromatic heterocycles. The third kappa shape index (κ3) is 2.15. The fourth-order valence-corrected chi connectivity index (χ4v) is 3.69. The Morgan fingerprint density at radius 3 is 2.63 bits per heavy atom. The van der Waals surface area contributed by atoms with E-state index in [2.05, 4.69) is 15.3 Å². The van der Waals surface area contributed by atoms with Gasteiger partial charge in [0.05, 0.1) is 24.6 Å². The molecule has 9 heteroatoms. The van der Waals surface area contributed by atoms with Crippen molar-refractivity contribution in [1.82, 2.24) is 29.1 Å². The van der Waals surface area contributed by atoms with Crippen LogP contribution in [0.15, 0.2) is 29.7 Å². The zero-order valence-corrected chi connectivity index (χ0v) is 11.2. The Balaban J connectivity index is 1.81. The van der Waals surface area contributed by atoms with E-state index in [-0.39, 0.29) is 10.9 Å². The molecule has 1 aliphatic heterocycles. The number of nitrogens with zero attached hydrogens (tertiary/aromatic N) is 6. The van der Waals surface area contributed by atoms with Gasteiger partial charge in [0.1, 0.15) is 4.90 Å². The van der Waals surface area contributed by atoms with Crippen LogP contribution in [0.4, 0.5) is 0 Å². The van der Waals surface area contributed by atoms with Gasteiger partial charge in [-0.05, 0) is 6.42 Å². The van der Waals surface area contributed by atoms with E-state index in [1.807, 2.05) is 0 Å². The predicted octanol–water partition coefficient (Wildman–Crippen LogP) is -0.353. The van der Waals surface area contributed by atoms with Gasteiger partial charge in [0.2, 0.25) is 10.0 Å². The normalized spacial score (nSPS) is 21.0. The number of aromatic nitrogens is 5. The summed E-state index contributed by atoms with van der Waals surface area (Å²) in [7, 11) is -1.77. The fourth-order valence-electron chi connectivity index (χ4n) is 2.21. The number of sulfonamides is 1. The van der Waals surface area contributed by atoms with Crippen molar-refractivity contribution in [3.05, 3.63) is 24.8 Å². The molecule has 1 atom stereocenters. The van der Waals surface area contributed by atoms with Crippen LogP contribution in [0.1, 0.15) is 12.5 Å². The molecular formula is C10H14N6O2S. The minimum absolute atomic E-state index is 0.00134. The van der Waals surface area contributed by atoms with Gasteiger partial charge in [-0.3, -0.25) is 4.68 Å². The Labute approximate surface area is 110 Å². The maximum Gasteiger partial charge on any atom is 0.246 e. The van der Waals surface area contributed by atoms with Crippen LogP contribution in [0.5, 0.6) is 0 Å². The minimum atomic E-state index is -3.46. The zero-order chi connectivity index (χ0) is 13.5. The summed E-state index contributed by atoms with van der Waals surface area (Å²) >= 11 is 0. The molecule has 0 amide bonds. The van der Waals surface area contributed by atoms with E-state index in [4.69, 9.17) is 0 Å². The summed E-state index contributed by atoms with van der Waals surface area (Å²) < 4.78 is 27.7. The first-order valence-electron chi connectivity index (χ1n) is 5.92. The van der Waals surface area contributed by atoms with Crippen molar-refractivity contribution in [3.63, 3.8) is 0 Å². The quantitative estimate of drug-likeness (QED) is 0.768. The van der Waals surface area contributed by atoms with E-state index in [0.717, 1.165) is 0 Å². The lowest BCUT2D eigenvalue weighted by Crippen LogP contribution is -2.29. The highest BCUT2D eigenvalue weighted by Crippen LogP contribution is 2.25. The molecule has 3 heterocycles. The zero-order valence-electron chi connectivity index (χ0n) is 10.4. The van der Waals surface area contributed by atoms with Crippen molar-refractivity contribution < 1.29 is 8.42 Å². The van der Waals surface area contributed by atoms with Crippen molar-refractivity contribution in [2.75, 3.05) is 13.1 Å². The molecule has 0 radical (unpaired) electrons. The van der Waals surface area contributed by atoms with E-state index in [9.17, 15) is 8.42 Å². The maximum atomic E-state index is 12.4. The topological polar surface area (TPSA) is 85.9 Å². The highest BCUT2D eigenvalue weighted by molar-refractivity contribution is 7.89. The van der Waals surface area contributed by atoms with Gasteiger partial charge in [0, 0.05) is 26.3 Å². The number of aryl methyl sites for hydroxylation is 1. The van der Waals surface area contributed by atoms with Crippen LogP contribution < -0.4 is 0 Å². The van der Waals surface area contributed by atoms with Crippen molar-refractivity contribution in [1.29, 1.82) is 0 Å². The smallest absolute Gasteiger partial charge is 0.246 e. The van der Waals surface area contributed by atoms with Crippen LogP contribution in [0, 0.1) is 0 Å². The predicted molar refractivity (Wildman–Crippen MR) is 65.6 cm³/mol. The second-order valence-corrected chi connectivity index (χ2v) is 6.44. The summed E-state index contributed by atoms with van der Waals surface area (Å²) in [6, 6.07) is 0.00134. The number of hydrogen-bond acceptors (Lipinski definition) is 5. The van der Waals surface area contributed by atoms with Crippen LogP contribution in [-0.4, -0.2) is 50.6 Å². The monoisotopic (exact) mass is 282 g/mol. The van der Waals surface area contributed by atoms with Crippen LogP contribution >= 0.6 is 0 Å². The molecule has 0 bridgehead atoms. The summed E-state index contributed by atoms with van der Waals surface area (Å²) in [4.78, 5) is 1.79. The first-order chi connectivity index (χ1) is 9.07. The maximum absolute atomic E-state index is 12.4. The second-order valence-electron chi connectivity index (χ2n) is 4.50. The van der Waals surface area contributed by atoms with Gasteiger partial charge in [-0.2, -0.15) is 24.4 Å². The van der Waals surface area contributed by atoms with Crippen molar-refractivity contribution >= 4 is 10.0 Å². The van der Waals surface area contributed by atoms with Gasteiger partial charge in [0.15, 0.2) is 0 Å². The van der Waals surface area contributed by atoms with Crippen LogP contribution in [0.3, 0.4) is 0 Å². The molecule has 1 unspecified atom stereocenters. The van der Waals surface area contributed by atoms with E-state index < -0.39 is 10.0 Å². The van der Waals surface area contributed by atoms with Crippen LogP contribution in [0.2, 0.25) is 0 Å². The standard InChI is InChI=1S/C10H14N6O2S/c1-14-8-10(6-13-14)19(17,18)15-5-2-9(7-15)16-11-3-4-12-16/h3-4,6,8-9H,2,5,7H2,1H3. The molecule has 0 aromatic carbocycles. The SMILES string of the molecule is Cn1cc(S(=O)(=O)N2CCC(n3nccn3)C2)cn1. The Hall–Kier alpha value is -1.74. The van der Waals surface area contributed by atoms with Gasteiger partial charge in [-0.15, -0.1) is 0 Å². The average Bonchev–Trinajstić information content (AvgIpc) is 3.10. The molecule has 0 saturated carbocycles. The van der Waals surface area contributed by atoms with Crippen LogP contribution in [0.25, 0.3) is 0 Å². The van der Waals surface area contributed by atoms with E-state index in [0.29, 0.717) is 19.5 Å². The molecule has 0 spiro atoms. The Morgan fingerprint density at radius 2 is 2.00 bits per heavy atom. The van der Waals surface area contributed by atoms with Crippen molar-refractivity contribution in [2.24, 2.45) is 7.05 Å². The van der Waals surface area contributed by atoms with Crippen molar-refractivity contribution in [3.8, 4) is 0 Å². The second kappa shape index (κ2) is 4.42. The summed E-state index contributed by atoms with van der Waals surface area (Å²) in [5, 5.41) is 12.0. The van der Waals surface area contributed by atoms with Gasteiger partial charge >= 0.3 is 0 Å². The average molecular weight is 282 g/mol. The molecule has 1 fully saturated rings. The summed E-state index contributed by atoms with van der Waals surface area (Å²) in [5.74, 6) is 0.